The van der Waals surface area contributed by atoms with Crippen LogP contribution in [0.1, 0.15) is 0 Å². The third-order valence-corrected chi connectivity index (χ3v) is 4.65. The van der Waals surface area contributed by atoms with Gasteiger partial charge in [-0.05, 0) is 12.1 Å². The molecule has 1 rings (SSSR count). The molecule has 2 N–H and O–H groups in total. The SMILES string of the molecule is O=S(O)(O)(c1ccccc1)C(F)(F)C(F)(F)C(F)(F)F. The standard InChI is InChI=1S/C9H7F7O3S/c10-7(11,8(12,13)14)9(15,16)20(17,18,19)6-4-2-1-3-5-6/h1-5H,(H2,17,18,19). The smallest absolute Gasteiger partial charge is 0.300 e. The molecule has 0 aliphatic heterocycles. The van der Waals surface area contributed by atoms with Gasteiger partial charge in [0.05, 0.1) is 4.90 Å². The quantitative estimate of drug-likeness (QED) is 0.834. The van der Waals surface area contributed by atoms with Crippen molar-refractivity contribution in [3.63, 3.8) is 0 Å². The van der Waals surface area contributed by atoms with Gasteiger partial charge >= 0.3 is 17.4 Å². The summed E-state index contributed by atoms with van der Waals surface area (Å²) in [5.74, 6) is -6.91. The summed E-state index contributed by atoms with van der Waals surface area (Å²) >= 11 is 0. The van der Waals surface area contributed by atoms with Crippen LogP contribution in [0, 0.1) is 0 Å². The van der Waals surface area contributed by atoms with Crippen LogP contribution in [0.2, 0.25) is 0 Å². The van der Waals surface area contributed by atoms with Crippen molar-refractivity contribution in [1.82, 2.24) is 0 Å². The zero-order chi connectivity index (χ0) is 16.1. The van der Waals surface area contributed by atoms with Gasteiger partial charge in [-0.3, -0.25) is 9.11 Å². The molecule has 0 saturated carbocycles. The maximum absolute atomic E-state index is 13.3. The van der Waals surface area contributed by atoms with Crippen molar-refractivity contribution >= 4 is 9.63 Å². The Hall–Kier alpha value is -1.20. The highest BCUT2D eigenvalue weighted by Crippen LogP contribution is 2.57. The minimum atomic E-state index is -7.80. The maximum Gasteiger partial charge on any atom is 0.461 e. The predicted molar refractivity (Wildman–Crippen MR) is 54.1 cm³/mol. The summed E-state index contributed by atoms with van der Waals surface area (Å²) < 4.78 is 118. The van der Waals surface area contributed by atoms with Crippen LogP contribution in [0.25, 0.3) is 0 Å². The molecular formula is C9H7F7O3S. The van der Waals surface area contributed by atoms with Crippen molar-refractivity contribution in [1.29, 1.82) is 0 Å². The van der Waals surface area contributed by atoms with E-state index in [1.54, 1.807) is 0 Å². The first-order valence-corrected chi connectivity index (χ1v) is 6.55. The zero-order valence-corrected chi connectivity index (χ0v) is 10.1. The van der Waals surface area contributed by atoms with Gasteiger partial charge in [0.2, 0.25) is 0 Å². The molecule has 0 aliphatic rings. The summed E-state index contributed by atoms with van der Waals surface area (Å²) in [6, 6.07) is 3.37. The van der Waals surface area contributed by atoms with Gasteiger partial charge in [-0.1, -0.05) is 18.2 Å². The lowest BCUT2D eigenvalue weighted by Gasteiger charge is -2.41. The lowest BCUT2D eigenvalue weighted by molar-refractivity contribution is -0.335. The van der Waals surface area contributed by atoms with E-state index in [9.17, 15) is 34.9 Å². The molecule has 116 valence electrons. The molecule has 0 atom stereocenters. The number of alkyl halides is 7. The number of benzene rings is 1. The van der Waals surface area contributed by atoms with Gasteiger partial charge in [0.25, 0.3) is 0 Å². The normalized spacial score (nSPS) is 16.6. The van der Waals surface area contributed by atoms with E-state index in [0.717, 1.165) is 18.2 Å². The number of hydrogen-bond acceptors (Lipinski definition) is 1. The fraction of sp³-hybridized carbons (Fsp3) is 0.333. The van der Waals surface area contributed by atoms with Crippen LogP contribution in [0.15, 0.2) is 35.2 Å². The van der Waals surface area contributed by atoms with Gasteiger partial charge in [0, 0.05) is 0 Å². The van der Waals surface area contributed by atoms with Gasteiger partial charge < -0.3 is 0 Å². The summed E-state index contributed by atoms with van der Waals surface area (Å²) in [4.78, 5) is -1.65. The second-order valence-electron chi connectivity index (χ2n) is 3.77. The first-order valence-electron chi connectivity index (χ1n) is 4.67. The van der Waals surface area contributed by atoms with Crippen LogP contribution in [-0.4, -0.2) is 30.7 Å². The highest BCUT2D eigenvalue weighted by molar-refractivity contribution is 8.11. The van der Waals surface area contributed by atoms with E-state index in [4.69, 9.17) is 9.11 Å². The van der Waals surface area contributed by atoms with Crippen LogP contribution in [0.3, 0.4) is 0 Å². The average Bonchev–Trinajstić information content (AvgIpc) is 2.27. The van der Waals surface area contributed by atoms with Crippen molar-refractivity contribution in [3.8, 4) is 0 Å². The van der Waals surface area contributed by atoms with Crippen LogP contribution in [0.5, 0.6) is 0 Å². The van der Waals surface area contributed by atoms with Crippen LogP contribution in [0.4, 0.5) is 30.7 Å². The van der Waals surface area contributed by atoms with Gasteiger partial charge in [0.15, 0.2) is 9.63 Å². The molecule has 0 saturated heterocycles. The zero-order valence-electron chi connectivity index (χ0n) is 9.24. The number of halogens is 7. The Balaban J connectivity index is 3.59. The van der Waals surface area contributed by atoms with E-state index in [2.05, 4.69) is 0 Å². The molecule has 3 nitrogen and oxygen atoms in total. The molecule has 20 heavy (non-hydrogen) atoms. The third-order valence-electron chi connectivity index (χ3n) is 2.35. The Labute approximate surface area is 107 Å². The highest BCUT2D eigenvalue weighted by atomic mass is 32.3. The topological polar surface area (TPSA) is 57.5 Å². The van der Waals surface area contributed by atoms with Gasteiger partial charge in [-0.2, -0.15) is 30.7 Å². The van der Waals surface area contributed by atoms with Crippen molar-refractivity contribution < 1.29 is 44.0 Å². The van der Waals surface area contributed by atoms with Gasteiger partial charge in [-0.15, -0.1) is 0 Å². The van der Waals surface area contributed by atoms with E-state index < -0.39 is 31.9 Å². The molecule has 0 unspecified atom stereocenters. The Morgan fingerprint density at radius 1 is 0.850 bits per heavy atom. The fourth-order valence-corrected chi connectivity index (χ4v) is 2.73. The van der Waals surface area contributed by atoms with E-state index >= 15 is 0 Å². The average molecular weight is 328 g/mol. The van der Waals surface area contributed by atoms with Crippen molar-refractivity contribution in [2.45, 2.75) is 22.2 Å². The molecule has 0 radical (unpaired) electrons. The van der Waals surface area contributed by atoms with E-state index in [0.29, 0.717) is 12.1 Å². The molecule has 0 heterocycles. The molecule has 0 aromatic heterocycles. The Morgan fingerprint density at radius 2 is 1.25 bits per heavy atom. The highest BCUT2D eigenvalue weighted by Gasteiger charge is 2.82. The van der Waals surface area contributed by atoms with E-state index in [-0.39, 0.29) is 0 Å². The maximum atomic E-state index is 13.3. The Kier molecular flexibility index (Phi) is 3.50. The lowest BCUT2D eigenvalue weighted by Crippen LogP contribution is -2.64. The molecule has 0 fully saturated rings. The van der Waals surface area contributed by atoms with Crippen molar-refractivity contribution in [3.05, 3.63) is 30.3 Å². The van der Waals surface area contributed by atoms with E-state index in [1.807, 2.05) is 0 Å². The molecule has 0 amide bonds. The van der Waals surface area contributed by atoms with Crippen molar-refractivity contribution in [2.75, 3.05) is 0 Å². The Morgan fingerprint density at radius 3 is 1.60 bits per heavy atom. The fourth-order valence-electron chi connectivity index (χ4n) is 1.21. The molecule has 0 spiro atoms. The minimum Gasteiger partial charge on any atom is -0.300 e. The lowest BCUT2D eigenvalue weighted by atomic mass is 10.3. The third kappa shape index (κ3) is 2.09. The van der Waals surface area contributed by atoms with E-state index in [1.165, 1.54) is 0 Å². The molecule has 0 aliphatic carbocycles. The van der Waals surface area contributed by atoms with Crippen LogP contribution < -0.4 is 0 Å². The second kappa shape index (κ2) is 4.15. The minimum absolute atomic E-state index is 0.329. The summed E-state index contributed by atoms with van der Waals surface area (Å²) in [6.45, 7) is 0. The number of hydrogen-bond donors (Lipinski definition) is 2. The van der Waals surface area contributed by atoms with Gasteiger partial charge in [0.1, 0.15) is 0 Å². The monoisotopic (exact) mass is 328 g/mol. The first kappa shape index (κ1) is 16.9. The molecule has 1 aromatic carbocycles. The van der Waals surface area contributed by atoms with Gasteiger partial charge in [-0.25, -0.2) is 4.21 Å². The molecule has 11 heteroatoms. The summed E-state index contributed by atoms with van der Waals surface area (Å²) in [5.41, 5.74) is 0. The predicted octanol–water partition coefficient (Wildman–Crippen LogP) is 3.60. The largest absolute Gasteiger partial charge is 0.461 e. The molecular weight excluding hydrogens is 321 g/mol. The van der Waals surface area contributed by atoms with Crippen LogP contribution >= 0.6 is 0 Å². The summed E-state index contributed by atoms with van der Waals surface area (Å²) in [7, 11) is -7.80. The summed E-state index contributed by atoms with van der Waals surface area (Å²) in [6.07, 6.45) is -6.83. The first-order chi connectivity index (χ1) is 8.64. The van der Waals surface area contributed by atoms with Crippen LogP contribution in [-0.2, 0) is 9.63 Å². The Bertz CT molecular complexity index is 561. The summed E-state index contributed by atoms with van der Waals surface area (Å²) in [5, 5.41) is -6.68. The second-order valence-corrected chi connectivity index (χ2v) is 6.48. The van der Waals surface area contributed by atoms with Crippen molar-refractivity contribution in [2.24, 2.45) is 0 Å². The molecule has 1 aromatic rings. The molecule has 0 bridgehead atoms. The number of rotatable bonds is 3.